The Morgan fingerprint density at radius 3 is 2.55 bits per heavy atom. The molecule has 0 fully saturated rings. The minimum atomic E-state index is -0.965. The van der Waals surface area contributed by atoms with Crippen LogP contribution in [-0.2, 0) is 14.3 Å². The molecule has 0 radical (unpaired) electrons. The Labute approximate surface area is 128 Å². The van der Waals surface area contributed by atoms with E-state index in [2.05, 4.69) is 9.73 Å². The average Bonchev–Trinajstić information content (AvgIpc) is 2.80. The first-order chi connectivity index (χ1) is 10.5. The van der Waals surface area contributed by atoms with Crippen LogP contribution in [0, 0.1) is 5.92 Å². The van der Waals surface area contributed by atoms with Gasteiger partial charge in [0.2, 0.25) is 5.78 Å². The number of allylic oxidation sites excluding steroid dienone is 1. The summed E-state index contributed by atoms with van der Waals surface area (Å²) in [4.78, 5) is 28.2. The van der Waals surface area contributed by atoms with E-state index in [1.54, 1.807) is 38.3 Å². The molecule has 22 heavy (non-hydrogen) atoms. The number of aliphatic imine (C=N–C) groups is 1. The fraction of sp³-hybridized carbons (Fsp3) is 0.312. The number of hydrogen-bond acceptors (Lipinski definition) is 6. The lowest BCUT2D eigenvalue weighted by atomic mass is 10.00. The van der Waals surface area contributed by atoms with Crippen molar-refractivity contribution in [2.45, 2.75) is 6.92 Å². The number of rotatable bonds is 4. The fourth-order valence-electron chi connectivity index (χ4n) is 2.25. The van der Waals surface area contributed by atoms with Gasteiger partial charge in [0.25, 0.3) is 0 Å². The second kappa shape index (κ2) is 6.43. The van der Waals surface area contributed by atoms with Crippen LogP contribution in [0.2, 0.25) is 0 Å². The zero-order valence-corrected chi connectivity index (χ0v) is 12.9. The van der Waals surface area contributed by atoms with E-state index in [-0.39, 0.29) is 11.5 Å². The van der Waals surface area contributed by atoms with E-state index in [0.29, 0.717) is 22.8 Å². The maximum atomic E-state index is 12.3. The zero-order chi connectivity index (χ0) is 16.3. The largest absolute Gasteiger partial charge is 0.497 e. The minimum absolute atomic E-state index is 0.194. The number of carbonyl (C=O) groups is 2. The monoisotopic (exact) mass is 303 g/mol. The summed E-state index contributed by atoms with van der Waals surface area (Å²) in [6.45, 7) is 1.63. The van der Waals surface area contributed by atoms with Crippen LogP contribution in [-0.4, -0.2) is 38.8 Å². The third kappa shape index (κ3) is 2.86. The van der Waals surface area contributed by atoms with Gasteiger partial charge in [-0.05, 0) is 31.2 Å². The first kappa shape index (κ1) is 15.8. The summed E-state index contributed by atoms with van der Waals surface area (Å²) in [7, 11) is 4.33. The van der Waals surface area contributed by atoms with Gasteiger partial charge < -0.3 is 14.2 Å². The van der Waals surface area contributed by atoms with Crippen molar-refractivity contribution in [2.75, 3.05) is 21.3 Å². The lowest BCUT2D eigenvalue weighted by Gasteiger charge is -2.08. The summed E-state index contributed by atoms with van der Waals surface area (Å²) < 4.78 is 15.1. The molecule has 0 aliphatic carbocycles. The van der Waals surface area contributed by atoms with Crippen LogP contribution in [0.25, 0.3) is 6.08 Å². The molecule has 0 bridgehead atoms. The zero-order valence-electron chi connectivity index (χ0n) is 12.9. The van der Waals surface area contributed by atoms with Crippen molar-refractivity contribution in [1.29, 1.82) is 0 Å². The summed E-state index contributed by atoms with van der Waals surface area (Å²) in [5.41, 5.74) is 1.26. The highest BCUT2D eigenvalue weighted by Gasteiger charge is 2.37. The molecule has 0 saturated carbocycles. The molecule has 1 aliphatic heterocycles. The quantitative estimate of drug-likeness (QED) is 0.482. The van der Waals surface area contributed by atoms with Crippen molar-refractivity contribution in [3.05, 3.63) is 29.5 Å². The molecule has 0 N–H and O–H groups in total. The van der Waals surface area contributed by atoms with Crippen molar-refractivity contribution < 1.29 is 23.8 Å². The molecule has 0 aromatic heterocycles. The molecular formula is C16H17NO5. The van der Waals surface area contributed by atoms with Gasteiger partial charge in [0.1, 0.15) is 17.2 Å². The molecule has 1 aromatic carbocycles. The van der Waals surface area contributed by atoms with Gasteiger partial charge in [-0.2, -0.15) is 0 Å². The number of hydrogen-bond donors (Lipinski definition) is 0. The Morgan fingerprint density at radius 1 is 1.23 bits per heavy atom. The summed E-state index contributed by atoms with van der Waals surface area (Å²) in [5, 5.41) is 0. The van der Waals surface area contributed by atoms with Gasteiger partial charge in [-0.3, -0.25) is 14.6 Å². The van der Waals surface area contributed by atoms with Crippen molar-refractivity contribution in [3.8, 4) is 11.5 Å². The van der Waals surface area contributed by atoms with E-state index in [9.17, 15) is 9.59 Å². The number of Topliss-reactive ketones (excluding diaryl/α,β-unsaturated/α-hetero) is 1. The summed E-state index contributed by atoms with van der Waals surface area (Å²) in [5.74, 6) is -0.742. The van der Waals surface area contributed by atoms with Crippen LogP contribution >= 0.6 is 0 Å². The Morgan fingerprint density at radius 2 is 1.95 bits per heavy atom. The lowest BCUT2D eigenvalue weighted by Crippen LogP contribution is -2.27. The minimum Gasteiger partial charge on any atom is -0.497 e. The van der Waals surface area contributed by atoms with E-state index in [4.69, 9.17) is 9.47 Å². The van der Waals surface area contributed by atoms with Crippen molar-refractivity contribution in [3.63, 3.8) is 0 Å². The number of carbonyl (C=O) groups excluding carboxylic acids is 2. The number of benzene rings is 1. The SMILES string of the molecule is COC(=O)C1C(=O)/C(=C\c2cc(OC)ccc2OC)N=C1C. The lowest BCUT2D eigenvalue weighted by molar-refractivity contribution is -0.145. The average molecular weight is 303 g/mol. The first-order valence-corrected chi connectivity index (χ1v) is 6.62. The smallest absolute Gasteiger partial charge is 0.322 e. The fourth-order valence-corrected chi connectivity index (χ4v) is 2.25. The van der Waals surface area contributed by atoms with Gasteiger partial charge in [-0.1, -0.05) is 0 Å². The van der Waals surface area contributed by atoms with Gasteiger partial charge in [-0.15, -0.1) is 0 Å². The van der Waals surface area contributed by atoms with Crippen LogP contribution in [0.5, 0.6) is 11.5 Å². The maximum absolute atomic E-state index is 12.3. The van der Waals surface area contributed by atoms with E-state index < -0.39 is 11.9 Å². The van der Waals surface area contributed by atoms with Gasteiger partial charge in [-0.25, -0.2) is 0 Å². The van der Waals surface area contributed by atoms with Crippen LogP contribution < -0.4 is 9.47 Å². The summed E-state index contributed by atoms with van der Waals surface area (Å²) in [6, 6.07) is 5.22. The Balaban J connectivity index is 2.42. The van der Waals surface area contributed by atoms with Crippen LogP contribution in [0.4, 0.5) is 0 Å². The highest BCUT2D eigenvalue weighted by Crippen LogP contribution is 2.29. The van der Waals surface area contributed by atoms with Crippen LogP contribution in [0.1, 0.15) is 12.5 Å². The third-order valence-corrected chi connectivity index (χ3v) is 3.40. The molecule has 1 aliphatic rings. The Bertz CT molecular complexity index is 675. The standard InChI is InChI=1S/C16H17NO5/c1-9-14(16(19)22-4)15(18)12(17-9)8-10-7-11(20-2)5-6-13(10)21-3/h5-8,14H,1-4H3/b12-8+. The molecule has 6 nitrogen and oxygen atoms in total. The molecule has 1 heterocycles. The molecule has 0 spiro atoms. The van der Waals surface area contributed by atoms with Crippen LogP contribution in [0.3, 0.4) is 0 Å². The molecular weight excluding hydrogens is 286 g/mol. The molecule has 2 rings (SSSR count). The summed E-state index contributed by atoms with van der Waals surface area (Å²) >= 11 is 0. The van der Waals surface area contributed by atoms with Crippen molar-refractivity contribution >= 4 is 23.5 Å². The second-order valence-corrected chi connectivity index (χ2v) is 4.71. The third-order valence-electron chi connectivity index (χ3n) is 3.40. The molecule has 1 aromatic rings. The number of esters is 1. The van der Waals surface area contributed by atoms with Crippen molar-refractivity contribution in [1.82, 2.24) is 0 Å². The second-order valence-electron chi connectivity index (χ2n) is 4.71. The normalized spacial score (nSPS) is 19.1. The molecule has 0 saturated heterocycles. The number of methoxy groups -OCH3 is 3. The highest BCUT2D eigenvalue weighted by atomic mass is 16.5. The highest BCUT2D eigenvalue weighted by molar-refractivity contribution is 6.28. The van der Waals surface area contributed by atoms with Gasteiger partial charge in [0.15, 0.2) is 5.92 Å². The molecule has 1 unspecified atom stereocenters. The maximum Gasteiger partial charge on any atom is 0.322 e. The molecule has 0 amide bonds. The molecule has 1 atom stereocenters. The van der Waals surface area contributed by atoms with E-state index >= 15 is 0 Å². The predicted molar refractivity (Wildman–Crippen MR) is 81.1 cm³/mol. The number of nitrogens with zero attached hydrogens (tertiary/aromatic N) is 1. The molecule has 6 heteroatoms. The van der Waals surface area contributed by atoms with Crippen molar-refractivity contribution in [2.24, 2.45) is 10.9 Å². The molecule has 116 valence electrons. The van der Waals surface area contributed by atoms with Crippen LogP contribution in [0.15, 0.2) is 28.9 Å². The first-order valence-electron chi connectivity index (χ1n) is 6.62. The van der Waals surface area contributed by atoms with E-state index in [1.165, 1.54) is 14.2 Å². The summed E-state index contributed by atoms with van der Waals surface area (Å²) in [6.07, 6.45) is 1.58. The van der Waals surface area contributed by atoms with E-state index in [0.717, 1.165) is 0 Å². The number of ketones is 1. The van der Waals surface area contributed by atoms with Gasteiger partial charge >= 0.3 is 5.97 Å². The van der Waals surface area contributed by atoms with Gasteiger partial charge in [0.05, 0.1) is 21.3 Å². The predicted octanol–water partition coefficient (Wildman–Crippen LogP) is 1.88. The Kier molecular flexibility index (Phi) is 4.60. The van der Waals surface area contributed by atoms with Gasteiger partial charge in [0, 0.05) is 11.3 Å². The Hall–Kier alpha value is -2.63. The topological polar surface area (TPSA) is 74.2 Å². The van der Waals surface area contributed by atoms with E-state index in [1.807, 2.05) is 0 Å². The number of ether oxygens (including phenoxy) is 3.